The number of rotatable bonds is 1. The molecule has 1 aliphatic heterocycles. The summed E-state index contributed by atoms with van der Waals surface area (Å²) < 4.78 is 3.10. The molecule has 2 heterocycles. The highest BCUT2D eigenvalue weighted by Gasteiger charge is 2.24. The first-order valence-electron chi connectivity index (χ1n) is 6.92. The fraction of sp³-hybridized carbons (Fsp3) is 0.118. The Morgan fingerprint density at radius 1 is 1.10 bits per heavy atom. The molecule has 0 saturated carbocycles. The number of nitrogens with one attached hydrogen (secondary N) is 1. The quantitative estimate of drug-likeness (QED) is 0.705. The van der Waals surface area contributed by atoms with Gasteiger partial charge in [-0.2, -0.15) is 5.10 Å². The van der Waals surface area contributed by atoms with E-state index in [-0.39, 0.29) is 0 Å². The monoisotopic (exact) mass is 339 g/mol. The van der Waals surface area contributed by atoms with Gasteiger partial charge in [0.25, 0.3) is 0 Å². The van der Waals surface area contributed by atoms with E-state index >= 15 is 0 Å². The first-order chi connectivity index (χ1) is 10.3. The second-order valence-corrected chi connectivity index (χ2v) is 6.03. The third kappa shape index (κ3) is 1.90. The van der Waals surface area contributed by atoms with Crippen molar-refractivity contribution < 1.29 is 0 Å². The first kappa shape index (κ1) is 12.7. The van der Waals surface area contributed by atoms with E-state index in [0.29, 0.717) is 0 Å². The van der Waals surface area contributed by atoms with Crippen molar-refractivity contribution in [3.63, 3.8) is 0 Å². The molecule has 4 rings (SSSR count). The van der Waals surface area contributed by atoms with Crippen molar-refractivity contribution in [3.05, 3.63) is 64.3 Å². The highest BCUT2D eigenvalue weighted by Crippen LogP contribution is 2.38. The van der Waals surface area contributed by atoms with E-state index in [4.69, 9.17) is 5.10 Å². The Morgan fingerprint density at radius 2 is 1.86 bits per heavy atom. The van der Waals surface area contributed by atoms with Crippen LogP contribution in [0.2, 0.25) is 0 Å². The smallest absolute Gasteiger partial charge is 0.0814 e. The number of para-hydroxylation sites is 2. The highest BCUT2D eigenvalue weighted by atomic mass is 79.9. The molecule has 1 N–H and O–H groups in total. The molecule has 0 fully saturated rings. The normalized spacial score (nSPS) is 12.5. The molecule has 0 radical (unpaired) electrons. The fourth-order valence-electron chi connectivity index (χ4n) is 2.87. The Morgan fingerprint density at radius 3 is 2.71 bits per heavy atom. The number of hydrogen-bond donors (Lipinski definition) is 1. The van der Waals surface area contributed by atoms with Crippen molar-refractivity contribution in [2.45, 2.75) is 13.5 Å². The molecule has 3 nitrogen and oxygen atoms in total. The topological polar surface area (TPSA) is 29.9 Å². The molecule has 3 aromatic rings. The van der Waals surface area contributed by atoms with Crippen LogP contribution in [0, 0.1) is 6.92 Å². The number of benzene rings is 2. The van der Waals surface area contributed by atoms with Gasteiger partial charge in [0, 0.05) is 27.8 Å². The van der Waals surface area contributed by atoms with Crippen molar-refractivity contribution in [1.82, 2.24) is 9.78 Å². The Kier molecular flexibility index (Phi) is 2.86. The molecule has 0 atom stereocenters. The summed E-state index contributed by atoms with van der Waals surface area (Å²) in [5, 5.41) is 8.24. The van der Waals surface area contributed by atoms with Crippen molar-refractivity contribution in [2.24, 2.45) is 0 Å². The molecule has 4 heteroatoms. The second-order valence-electron chi connectivity index (χ2n) is 5.17. The van der Waals surface area contributed by atoms with Crippen molar-refractivity contribution in [2.75, 3.05) is 5.32 Å². The summed E-state index contributed by atoms with van der Waals surface area (Å²) in [6, 6.07) is 16.6. The van der Waals surface area contributed by atoms with Gasteiger partial charge in [0.15, 0.2) is 0 Å². The average molecular weight is 340 g/mol. The van der Waals surface area contributed by atoms with Crippen molar-refractivity contribution in [1.29, 1.82) is 0 Å². The van der Waals surface area contributed by atoms with Gasteiger partial charge in [-0.05, 0) is 41.1 Å². The predicted molar refractivity (Wildman–Crippen MR) is 88.8 cm³/mol. The van der Waals surface area contributed by atoms with Gasteiger partial charge in [-0.25, -0.2) is 4.68 Å². The maximum absolute atomic E-state index is 4.77. The molecule has 0 amide bonds. The van der Waals surface area contributed by atoms with E-state index in [2.05, 4.69) is 63.2 Å². The number of halogens is 1. The molecule has 0 spiro atoms. The van der Waals surface area contributed by atoms with E-state index in [1.807, 2.05) is 18.2 Å². The molecule has 1 aromatic heterocycles. The van der Waals surface area contributed by atoms with E-state index in [1.54, 1.807) is 0 Å². The van der Waals surface area contributed by atoms with Crippen LogP contribution in [-0.2, 0) is 6.54 Å². The van der Waals surface area contributed by atoms with Gasteiger partial charge in [-0.15, -0.1) is 0 Å². The first-order valence-corrected chi connectivity index (χ1v) is 7.71. The van der Waals surface area contributed by atoms with Crippen LogP contribution in [0.25, 0.3) is 16.9 Å². The molecule has 2 aromatic carbocycles. The van der Waals surface area contributed by atoms with Crippen LogP contribution in [0.4, 0.5) is 5.69 Å². The maximum Gasteiger partial charge on any atom is 0.0814 e. The maximum atomic E-state index is 4.77. The SMILES string of the molecule is Cc1nn(-c2ccccc2Br)c2c1CNc1ccccc1-2. The summed E-state index contributed by atoms with van der Waals surface area (Å²) in [5.74, 6) is 0. The largest absolute Gasteiger partial charge is 0.380 e. The average Bonchev–Trinajstić information content (AvgIpc) is 2.85. The second kappa shape index (κ2) is 4.74. The Hall–Kier alpha value is -2.07. The standard InChI is InChI=1S/C17H14BrN3/c1-11-13-10-19-15-8-4-2-6-12(15)17(13)21(20-11)16-9-5-3-7-14(16)18/h2-9,19H,10H2,1H3. The third-order valence-electron chi connectivity index (χ3n) is 3.90. The minimum atomic E-state index is 0.822. The lowest BCUT2D eigenvalue weighted by Crippen LogP contribution is -2.10. The number of aromatic nitrogens is 2. The van der Waals surface area contributed by atoms with Crippen molar-refractivity contribution >= 4 is 21.6 Å². The minimum absolute atomic E-state index is 0.822. The number of anilines is 1. The van der Waals surface area contributed by atoms with Crippen LogP contribution in [0.5, 0.6) is 0 Å². The molecule has 0 saturated heterocycles. The summed E-state index contributed by atoms with van der Waals surface area (Å²) in [7, 11) is 0. The van der Waals surface area contributed by atoms with Crippen LogP contribution in [0.1, 0.15) is 11.3 Å². The third-order valence-corrected chi connectivity index (χ3v) is 4.57. The lowest BCUT2D eigenvalue weighted by Gasteiger charge is -2.20. The van der Waals surface area contributed by atoms with Gasteiger partial charge in [-0.3, -0.25) is 0 Å². The summed E-state index contributed by atoms with van der Waals surface area (Å²) in [6.45, 7) is 2.89. The molecule has 0 bridgehead atoms. The number of nitrogens with zero attached hydrogens (tertiary/aromatic N) is 2. The van der Waals surface area contributed by atoms with Crippen LogP contribution < -0.4 is 5.32 Å². The van der Waals surface area contributed by atoms with Gasteiger partial charge in [0.1, 0.15) is 0 Å². The van der Waals surface area contributed by atoms with Crippen LogP contribution in [0.3, 0.4) is 0 Å². The highest BCUT2D eigenvalue weighted by molar-refractivity contribution is 9.10. The van der Waals surface area contributed by atoms with E-state index in [1.165, 1.54) is 22.5 Å². The van der Waals surface area contributed by atoms with E-state index in [9.17, 15) is 0 Å². The Bertz CT molecular complexity index is 836. The fourth-order valence-corrected chi connectivity index (χ4v) is 3.33. The Labute approximate surface area is 131 Å². The van der Waals surface area contributed by atoms with Crippen LogP contribution in [0.15, 0.2) is 53.0 Å². The number of fused-ring (bicyclic) bond motifs is 3. The summed E-state index contributed by atoms with van der Waals surface area (Å²) in [4.78, 5) is 0. The molecular weight excluding hydrogens is 326 g/mol. The van der Waals surface area contributed by atoms with Gasteiger partial charge in [-0.1, -0.05) is 30.3 Å². The van der Waals surface area contributed by atoms with Gasteiger partial charge in [0.05, 0.1) is 17.1 Å². The summed E-state index contributed by atoms with van der Waals surface area (Å²) >= 11 is 3.63. The predicted octanol–water partition coefficient (Wildman–Crippen LogP) is 4.54. The molecule has 1 aliphatic rings. The lowest BCUT2D eigenvalue weighted by molar-refractivity contribution is 0.865. The molecule has 104 valence electrons. The van der Waals surface area contributed by atoms with E-state index < -0.39 is 0 Å². The van der Waals surface area contributed by atoms with Crippen molar-refractivity contribution in [3.8, 4) is 16.9 Å². The van der Waals surface area contributed by atoms with E-state index in [0.717, 1.165) is 22.4 Å². The van der Waals surface area contributed by atoms with Crippen LogP contribution >= 0.6 is 15.9 Å². The zero-order valence-electron chi connectivity index (χ0n) is 11.6. The van der Waals surface area contributed by atoms with Gasteiger partial charge >= 0.3 is 0 Å². The number of hydrogen-bond acceptors (Lipinski definition) is 2. The molecule has 21 heavy (non-hydrogen) atoms. The zero-order valence-corrected chi connectivity index (χ0v) is 13.2. The number of aryl methyl sites for hydroxylation is 1. The Balaban J connectivity index is 2.03. The molecular formula is C17H14BrN3. The molecule has 0 unspecified atom stereocenters. The minimum Gasteiger partial charge on any atom is -0.380 e. The summed E-state index contributed by atoms with van der Waals surface area (Å²) in [5.41, 5.74) is 6.97. The van der Waals surface area contributed by atoms with Gasteiger partial charge in [0.2, 0.25) is 0 Å². The van der Waals surface area contributed by atoms with Crippen LogP contribution in [-0.4, -0.2) is 9.78 Å². The summed E-state index contributed by atoms with van der Waals surface area (Å²) in [6.07, 6.45) is 0. The molecule has 0 aliphatic carbocycles. The lowest BCUT2D eigenvalue weighted by atomic mass is 10.00. The van der Waals surface area contributed by atoms with Gasteiger partial charge < -0.3 is 5.32 Å². The zero-order chi connectivity index (χ0) is 14.4.